The molecule has 2 rings (SSSR count). The van der Waals surface area contributed by atoms with E-state index in [1.165, 1.54) is 4.90 Å². The Morgan fingerprint density at radius 2 is 2.00 bits per heavy atom. The molecule has 16 heavy (non-hydrogen) atoms. The third-order valence-corrected chi connectivity index (χ3v) is 2.51. The smallest absolute Gasteiger partial charge is 0.271 e. The first-order chi connectivity index (χ1) is 7.58. The molecule has 1 heterocycles. The van der Waals surface area contributed by atoms with Gasteiger partial charge in [-0.05, 0) is 24.3 Å². The van der Waals surface area contributed by atoms with Crippen molar-refractivity contribution < 1.29 is 4.79 Å². The van der Waals surface area contributed by atoms with Crippen LogP contribution in [0.5, 0.6) is 0 Å². The average molecular weight is 235 g/mol. The molecule has 0 radical (unpaired) electrons. The summed E-state index contributed by atoms with van der Waals surface area (Å²) >= 11 is 5.87. The Bertz CT molecular complexity index is 552. The number of nitrogens with zero attached hydrogens (tertiary/aromatic N) is 2. The van der Waals surface area contributed by atoms with Crippen molar-refractivity contribution in [3.63, 3.8) is 0 Å². The predicted molar refractivity (Wildman–Crippen MR) is 64.8 cm³/mol. The van der Waals surface area contributed by atoms with Gasteiger partial charge in [-0.1, -0.05) is 17.7 Å². The molecule has 0 atom stereocenters. The highest BCUT2D eigenvalue weighted by atomic mass is 35.5. The highest BCUT2D eigenvalue weighted by Crippen LogP contribution is 2.18. The zero-order valence-electron chi connectivity index (χ0n) is 9.07. The zero-order valence-corrected chi connectivity index (χ0v) is 9.82. The summed E-state index contributed by atoms with van der Waals surface area (Å²) in [7, 11) is 3.41. The van der Waals surface area contributed by atoms with Crippen molar-refractivity contribution in [3.8, 4) is 0 Å². The van der Waals surface area contributed by atoms with Crippen LogP contribution >= 0.6 is 11.6 Å². The average Bonchev–Trinajstić information content (AvgIpc) is 2.27. The lowest BCUT2D eigenvalue weighted by Crippen LogP contribution is -2.22. The summed E-state index contributed by atoms with van der Waals surface area (Å²) in [5.74, 6) is -0.100. The van der Waals surface area contributed by atoms with E-state index in [0.717, 1.165) is 10.9 Å². The lowest BCUT2D eigenvalue weighted by Gasteiger charge is -2.09. The van der Waals surface area contributed by atoms with Crippen LogP contribution in [-0.4, -0.2) is 29.9 Å². The van der Waals surface area contributed by atoms with E-state index in [1.54, 1.807) is 26.2 Å². The molecule has 2 aromatic rings. The minimum Gasteiger partial charge on any atom is -0.343 e. The van der Waals surface area contributed by atoms with Gasteiger partial charge >= 0.3 is 0 Å². The number of halogens is 1. The van der Waals surface area contributed by atoms with Gasteiger partial charge in [0.1, 0.15) is 5.69 Å². The fourth-order valence-electron chi connectivity index (χ4n) is 1.44. The largest absolute Gasteiger partial charge is 0.343 e. The van der Waals surface area contributed by atoms with Crippen LogP contribution in [0.1, 0.15) is 10.5 Å². The summed E-state index contributed by atoms with van der Waals surface area (Å²) in [6, 6.07) is 8.96. The number of fused-ring (bicyclic) bond motifs is 1. The summed E-state index contributed by atoms with van der Waals surface area (Å²) < 4.78 is 0. The zero-order chi connectivity index (χ0) is 11.7. The van der Waals surface area contributed by atoms with Crippen molar-refractivity contribution in [2.45, 2.75) is 0 Å². The van der Waals surface area contributed by atoms with Crippen molar-refractivity contribution in [2.75, 3.05) is 14.1 Å². The highest BCUT2D eigenvalue weighted by Gasteiger charge is 2.09. The summed E-state index contributed by atoms with van der Waals surface area (Å²) in [6.45, 7) is 0. The monoisotopic (exact) mass is 234 g/mol. The predicted octanol–water partition coefficient (Wildman–Crippen LogP) is 2.59. The summed E-state index contributed by atoms with van der Waals surface area (Å²) in [5, 5.41) is 1.60. The minimum atomic E-state index is -0.100. The lowest BCUT2D eigenvalue weighted by atomic mass is 10.2. The third-order valence-electron chi connectivity index (χ3n) is 2.28. The topological polar surface area (TPSA) is 33.2 Å². The number of pyridine rings is 1. The first-order valence-corrected chi connectivity index (χ1v) is 5.24. The Morgan fingerprint density at radius 3 is 2.69 bits per heavy atom. The number of hydrogen-bond donors (Lipinski definition) is 0. The molecule has 0 aliphatic carbocycles. The maximum Gasteiger partial charge on any atom is 0.271 e. The molecule has 1 aromatic carbocycles. The SMILES string of the molecule is CN(C)C(=O)c1ccc2cc(Cl)ccc2n1. The molecule has 0 spiro atoms. The standard InChI is InChI=1S/C12H11ClN2O/c1-15(2)12(16)11-5-3-8-7-9(13)4-6-10(8)14-11/h3-7H,1-2H3. The highest BCUT2D eigenvalue weighted by molar-refractivity contribution is 6.31. The molecule has 4 heteroatoms. The summed E-state index contributed by atoms with van der Waals surface area (Å²) in [4.78, 5) is 17.5. The first-order valence-electron chi connectivity index (χ1n) is 4.86. The molecule has 0 saturated heterocycles. The van der Waals surface area contributed by atoms with Gasteiger partial charge in [0.15, 0.2) is 0 Å². The molecule has 3 nitrogen and oxygen atoms in total. The van der Waals surface area contributed by atoms with Crippen LogP contribution in [0.2, 0.25) is 5.02 Å². The Labute approximate surface area is 98.7 Å². The lowest BCUT2D eigenvalue weighted by molar-refractivity contribution is 0.0822. The van der Waals surface area contributed by atoms with Crippen LogP contribution in [0.3, 0.4) is 0 Å². The van der Waals surface area contributed by atoms with Crippen LogP contribution < -0.4 is 0 Å². The van der Waals surface area contributed by atoms with Crippen molar-refractivity contribution in [1.82, 2.24) is 9.88 Å². The van der Waals surface area contributed by atoms with E-state index < -0.39 is 0 Å². The number of rotatable bonds is 1. The van der Waals surface area contributed by atoms with Gasteiger partial charge in [0.25, 0.3) is 5.91 Å². The van der Waals surface area contributed by atoms with Crippen molar-refractivity contribution in [2.24, 2.45) is 0 Å². The molecule has 0 unspecified atom stereocenters. The van der Waals surface area contributed by atoms with Gasteiger partial charge in [0.05, 0.1) is 5.52 Å². The van der Waals surface area contributed by atoms with Gasteiger partial charge in [-0.2, -0.15) is 0 Å². The minimum absolute atomic E-state index is 0.100. The molecular formula is C12H11ClN2O. The van der Waals surface area contributed by atoms with Crippen molar-refractivity contribution >= 4 is 28.4 Å². The second kappa shape index (κ2) is 4.10. The summed E-state index contributed by atoms with van der Waals surface area (Å²) in [5.41, 5.74) is 1.22. The molecule has 82 valence electrons. The maximum atomic E-state index is 11.7. The molecule has 0 aliphatic rings. The van der Waals surface area contributed by atoms with E-state index in [0.29, 0.717) is 10.7 Å². The van der Waals surface area contributed by atoms with Gasteiger partial charge in [0, 0.05) is 24.5 Å². The van der Waals surface area contributed by atoms with Crippen LogP contribution in [0.25, 0.3) is 10.9 Å². The Hall–Kier alpha value is -1.61. The van der Waals surface area contributed by atoms with Gasteiger partial charge in [0.2, 0.25) is 0 Å². The van der Waals surface area contributed by atoms with Crippen molar-refractivity contribution in [3.05, 3.63) is 41.0 Å². The van der Waals surface area contributed by atoms with E-state index in [1.807, 2.05) is 18.2 Å². The third kappa shape index (κ3) is 1.99. The van der Waals surface area contributed by atoms with Crippen LogP contribution in [-0.2, 0) is 0 Å². The molecule has 0 bridgehead atoms. The Morgan fingerprint density at radius 1 is 1.25 bits per heavy atom. The Balaban J connectivity index is 2.52. The van der Waals surface area contributed by atoms with Gasteiger partial charge in [-0.25, -0.2) is 4.98 Å². The number of carbonyl (C=O) groups is 1. The molecule has 0 aliphatic heterocycles. The van der Waals surface area contributed by atoms with Crippen LogP contribution in [0.4, 0.5) is 0 Å². The number of aromatic nitrogens is 1. The number of carbonyl (C=O) groups excluding carboxylic acids is 1. The number of benzene rings is 1. The first kappa shape index (κ1) is 10.9. The fraction of sp³-hybridized carbons (Fsp3) is 0.167. The normalized spacial score (nSPS) is 10.4. The second-order valence-electron chi connectivity index (χ2n) is 3.73. The van der Waals surface area contributed by atoms with Gasteiger partial charge in [-0.15, -0.1) is 0 Å². The van der Waals surface area contributed by atoms with Crippen molar-refractivity contribution in [1.29, 1.82) is 0 Å². The molecule has 0 fully saturated rings. The molecule has 0 N–H and O–H groups in total. The van der Waals surface area contributed by atoms with Crippen LogP contribution in [0.15, 0.2) is 30.3 Å². The van der Waals surface area contributed by atoms with Gasteiger partial charge in [-0.3, -0.25) is 4.79 Å². The molecule has 1 aromatic heterocycles. The summed E-state index contributed by atoms with van der Waals surface area (Å²) in [6.07, 6.45) is 0. The maximum absolute atomic E-state index is 11.7. The van der Waals surface area contributed by atoms with Crippen LogP contribution in [0, 0.1) is 0 Å². The quantitative estimate of drug-likeness (QED) is 0.760. The van der Waals surface area contributed by atoms with Gasteiger partial charge < -0.3 is 4.90 Å². The molecule has 0 saturated carbocycles. The number of amides is 1. The Kier molecular flexibility index (Phi) is 2.79. The second-order valence-corrected chi connectivity index (χ2v) is 4.17. The van der Waals surface area contributed by atoms with E-state index in [4.69, 9.17) is 11.6 Å². The van der Waals surface area contributed by atoms with E-state index in [2.05, 4.69) is 4.98 Å². The van der Waals surface area contributed by atoms with E-state index >= 15 is 0 Å². The molecular weight excluding hydrogens is 224 g/mol. The van der Waals surface area contributed by atoms with E-state index in [9.17, 15) is 4.79 Å². The number of hydrogen-bond acceptors (Lipinski definition) is 2. The fourth-order valence-corrected chi connectivity index (χ4v) is 1.63. The van der Waals surface area contributed by atoms with E-state index in [-0.39, 0.29) is 5.91 Å². The molecule has 1 amide bonds.